The molecule has 7 heteroatoms. The highest BCUT2D eigenvalue weighted by molar-refractivity contribution is 6.04. The number of carboxylic acids is 1. The van der Waals surface area contributed by atoms with Crippen molar-refractivity contribution in [2.75, 3.05) is 5.32 Å². The molecule has 1 aromatic carbocycles. The molecular weight excluding hydrogens is 346 g/mol. The number of rotatable bonds is 5. The maximum atomic E-state index is 12.6. The summed E-state index contributed by atoms with van der Waals surface area (Å²) in [5, 5.41) is 11.8. The van der Waals surface area contributed by atoms with E-state index in [2.05, 4.69) is 10.3 Å². The molecule has 0 radical (unpaired) electrons. The number of aromatic nitrogens is 2. The Hall–Kier alpha value is -3.74. The standard InChI is InChI=1S/C20H17N3O4/c1-13(20(26)27)23-12-17(7-8-18(23)24)22-19(25)15-5-2-4-14(10-15)16-6-3-9-21-11-16/h2-13H,1H3,(H,22,25)(H,26,27)/t13-/m0/s1. The van der Waals surface area contributed by atoms with E-state index >= 15 is 0 Å². The Morgan fingerprint density at radius 2 is 1.89 bits per heavy atom. The molecular formula is C20H17N3O4. The van der Waals surface area contributed by atoms with Crippen molar-refractivity contribution in [3.8, 4) is 11.1 Å². The zero-order valence-electron chi connectivity index (χ0n) is 14.5. The first-order chi connectivity index (χ1) is 13.0. The van der Waals surface area contributed by atoms with E-state index in [-0.39, 0.29) is 5.91 Å². The van der Waals surface area contributed by atoms with Gasteiger partial charge in [0.25, 0.3) is 11.5 Å². The van der Waals surface area contributed by atoms with Gasteiger partial charge < -0.3 is 10.4 Å². The minimum atomic E-state index is -1.13. The summed E-state index contributed by atoms with van der Waals surface area (Å²) in [6.07, 6.45) is 4.71. The van der Waals surface area contributed by atoms with E-state index in [0.717, 1.165) is 15.7 Å². The molecule has 0 fully saturated rings. The summed E-state index contributed by atoms with van der Waals surface area (Å²) in [6, 6.07) is 12.4. The minimum absolute atomic E-state index is 0.333. The number of anilines is 1. The highest BCUT2D eigenvalue weighted by Crippen LogP contribution is 2.20. The number of carboxylic acid groups (broad SMARTS) is 1. The normalized spacial score (nSPS) is 11.6. The molecule has 0 aliphatic rings. The molecule has 2 N–H and O–H groups in total. The van der Waals surface area contributed by atoms with Crippen LogP contribution >= 0.6 is 0 Å². The molecule has 136 valence electrons. The predicted octanol–water partition coefficient (Wildman–Crippen LogP) is 2.81. The molecule has 0 bridgehead atoms. The van der Waals surface area contributed by atoms with Crippen molar-refractivity contribution >= 4 is 17.6 Å². The Kier molecular flexibility index (Phi) is 5.12. The SMILES string of the molecule is C[C@@H](C(=O)O)n1cc(NC(=O)c2cccc(-c3cccnc3)c2)ccc1=O. The van der Waals surface area contributed by atoms with Crippen molar-refractivity contribution < 1.29 is 14.7 Å². The van der Waals surface area contributed by atoms with Gasteiger partial charge in [0, 0.05) is 35.8 Å². The lowest BCUT2D eigenvalue weighted by Gasteiger charge is -2.13. The molecule has 3 rings (SSSR count). The van der Waals surface area contributed by atoms with Gasteiger partial charge in [-0.1, -0.05) is 18.2 Å². The van der Waals surface area contributed by atoms with Crippen LogP contribution in [0, 0.1) is 0 Å². The smallest absolute Gasteiger partial charge is 0.326 e. The van der Waals surface area contributed by atoms with Gasteiger partial charge in [0.2, 0.25) is 0 Å². The molecule has 0 aliphatic heterocycles. The van der Waals surface area contributed by atoms with Crippen molar-refractivity contribution in [2.24, 2.45) is 0 Å². The van der Waals surface area contributed by atoms with E-state index in [9.17, 15) is 14.4 Å². The fraction of sp³-hybridized carbons (Fsp3) is 0.100. The zero-order valence-corrected chi connectivity index (χ0v) is 14.5. The van der Waals surface area contributed by atoms with Crippen molar-refractivity contribution in [2.45, 2.75) is 13.0 Å². The Morgan fingerprint density at radius 3 is 2.59 bits per heavy atom. The molecule has 1 atom stereocenters. The van der Waals surface area contributed by atoms with Gasteiger partial charge in [-0.3, -0.25) is 19.1 Å². The first kappa shape index (κ1) is 18.1. The van der Waals surface area contributed by atoms with Gasteiger partial charge in [-0.25, -0.2) is 4.79 Å². The van der Waals surface area contributed by atoms with Crippen LogP contribution in [-0.4, -0.2) is 26.5 Å². The summed E-state index contributed by atoms with van der Waals surface area (Å²) in [5.41, 5.74) is 2.04. The molecule has 0 saturated carbocycles. The van der Waals surface area contributed by atoms with E-state index in [0.29, 0.717) is 11.3 Å². The van der Waals surface area contributed by atoms with Gasteiger partial charge in [0.1, 0.15) is 6.04 Å². The van der Waals surface area contributed by atoms with Crippen LogP contribution in [0.5, 0.6) is 0 Å². The van der Waals surface area contributed by atoms with Gasteiger partial charge in [0.15, 0.2) is 0 Å². The largest absolute Gasteiger partial charge is 0.480 e. The second-order valence-electron chi connectivity index (χ2n) is 5.95. The number of amides is 1. The Balaban J connectivity index is 1.85. The molecule has 3 aromatic rings. The Morgan fingerprint density at radius 1 is 1.11 bits per heavy atom. The number of pyridine rings is 2. The molecule has 0 unspecified atom stereocenters. The molecule has 7 nitrogen and oxygen atoms in total. The van der Waals surface area contributed by atoms with Gasteiger partial charge in [0.05, 0.1) is 5.69 Å². The maximum absolute atomic E-state index is 12.6. The van der Waals surface area contributed by atoms with E-state index in [4.69, 9.17) is 5.11 Å². The highest BCUT2D eigenvalue weighted by atomic mass is 16.4. The third kappa shape index (κ3) is 4.09. The quantitative estimate of drug-likeness (QED) is 0.726. The number of benzene rings is 1. The third-order valence-electron chi connectivity index (χ3n) is 4.09. The van der Waals surface area contributed by atoms with E-state index in [1.54, 1.807) is 30.6 Å². The van der Waals surface area contributed by atoms with E-state index in [1.165, 1.54) is 25.3 Å². The third-order valence-corrected chi connectivity index (χ3v) is 4.09. The monoisotopic (exact) mass is 363 g/mol. The molecule has 27 heavy (non-hydrogen) atoms. The van der Waals surface area contributed by atoms with E-state index < -0.39 is 17.6 Å². The molecule has 1 amide bonds. The summed E-state index contributed by atoms with van der Waals surface area (Å²) in [7, 11) is 0. The lowest BCUT2D eigenvalue weighted by molar-refractivity contribution is -0.140. The molecule has 2 aromatic heterocycles. The topological polar surface area (TPSA) is 101 Å². The average molecular weight is 363 g/mol. The maximum Gasteiger partial charge on any atom is 0.326 e. The number of hydrogen-bond acceptors (Lipinski definition) is 4. The molecule has 0 aliphatic carbocycles. The summed E-state index contributed by atoms with van der Waals surface area (Å²) in [5.74, 6) is -1.50. The van der Waals surface area contributed by atoms with Crippen molar-refractivity contribution in [3.05, 3.63) is 83.0 Å². The van der Waals surface area contributed by atoms with Crippen molar-refractivity contribution in [1.82, 2.24) is 9.55 Å². The van der Waals surface area contributed by atoms with Crippen LogP contribution in [0.15, 0.2) is 71.9 Å². The van der Waals surface area contributed by atoms with Gasteiger partial charge in [-0.15, -0.1) is 0 Å². The fourth-order valence-corrected chi connectivity index (χ4v) is 2.58. The van der Waals surface area contributed by atoms with Crippen LogP contribution in [0.2, 0.25) is 0 Å². The fourth-order valence-electron chi connectivity index (χ4n) is 2.58. The van der Waals surface area contributed by atoms with Crippen LogP contribution < -0.4 is 10.9 Å². The van der Waals surface area contributed by atoms with Gasteiger partial charge in [-0.2, -0.15) is 0 Å². The lowest BCUT2D eigenvalue weighted by Crippen LogP contribution is -2.27. The van der Waals surface area contributed by atoms with Crippen LogP contribution in [0.3, 0.4) is 0 Å². The second kappa shape index (κ2) is 7.65. The Labute approximate surface area is 154 Å². The number of carbonyl (C=O) groups is 2. The number of hydrogen-bond donors (Lipinski definition) is 2. The zero-order chi connectivity index (χ0) is 19.4. The van der Waals surface area contributed by atoms with Gasteiger partial charge >= 0.3 is 5.97 Å². The van der Waals surface area contributed by atoms with Crippen LogP contribution in [0.1, 0.15) is 23.3 Å². The summed E-state index contributed by atoms with van der Waals surface area (Å²) < 4.78 is 1.06. The molecule has 0 saturated heterocycles. The van der Waals surface area contributed by atoms with Gasteiger partial charge in [-0.05, 0) is 36.8 Å². The summed E-state index contributed by atoms with van der Waals surface area (Å²) >= 11 is 0. The summed E-state index contributed by atoms with van der Waals surface area (Å²) in [4.78, 5) is 39.6. The molecule has 0 spiro atoms. The van der Waals surface area contributed by atoms with Crippen molar-refractivity contribution in [1.29, 1.82) is 0 Å². The number of nitrogens with one attached hydrogen (secondary N) is 1. The summed E-state index contributed by atoms with van der Waals surface area (Å²) in [6.45, 7) is 1.40. The van der Waals surface area contributed by atoms with Crippen molar-refractivity contribution in [3.63, 3.8) is 0 Å². The predicted molar refractivity (Wildman–Crippen MR) is 101 cm³/mol. The minimum Gasteiger partial charge on any atom is -0.480 e. The van der Waals surface area contributed by atoms with E-state index in [1.807, 2.05) is 18.2 Å². The highest BCUT2D eigenvalue weighted by Gasteiger charge is 2.15. The number of carbonyl (C=O) groups excluding carboxylic acids is 1. The average Bonchev–Trinajstić information content (AvgIpc) is 2.69. The van der Waals surface area contributed by atoms with Crippen LogP contribution in [0.4, 0.5) is 5.69 Å². The van der Waals surface area contributed by atoms with Crippen LogP contribution in [0.25, 0.3) is 11.1 Å². The number of aliphatic carboxylic acids is 1. The molecule has 2 heterocycles. The first-order valence-electron chi connectivity index (χ1n) is 8.22. The van der Waals surface area contributed by atoms with Crippen LogP contribution in [-0.2, 0) is 4.79 Å². The Bertz CT molecular complexity index is 1040. The second-order valence-corrected chi connectivity index (χ2v) is 5.95. The lowest BCUT2D eigenvalue weighted by atomic mass is 10.0. The first-order valence-corrected chi connectivity index (χ1v) is 8.22. The number of nitrogens with zero attached hydrogens (tertiary/aromatic N) is 2.